The Kier molecular flexibility index (Phi) is 4.34. The van der Waals surface area contributed by atoms with Crippen LogP contribution in [0.5, 0.6) is 0 Å². The Balaban J connectivity index is 1.68. The first-order valence-corrected chi connectivity index (χ1v) is 8.80. The van der Waals surface area contributed by atoms with Crippen molar-refractivity contribution in [3.8, 4) is 10.6 Å². The normalized spacial score (nSPS) is 22.1. The Morgan fingerprint density at radius 3 is 2.82 bits per heavy atom. The van der Waals surface area contributed by atoms with Gasteiger partial charge in [0, 0.05) is 28.5 Å². The molecule has 4 nitrogen and oxygen atoms in total. The van der Waals surface area contributed by atoms with Gasteiger partial charge in [-0.2, -0.15) is 0 Å². The molecule has 1 N–H and O–H groups in total. The molecule has 0 aliphatic carbocycles. The Bertz CT molecular complexity index is 686. The van der Waals surface area contributed by atoms with Gasteiger partial charge in [0.15, 0.2) is 0 Å². The lowest BCUT2D eigenvalue weighted by Gasteiger charge is -2.19. The van der Waals surface area contributed by atoms with Crippen LogP contribution in [0.2, 0.25) is 0 Å². The monoisotopic (exact) mass is 380 g/mol. The van der Waals surface area contributed by atoms with E-state index in [0.717, 1.165) is 33.8 Å². The standard InChI is InChI=1S/C16H17BrN2O2S/c1-16(15(20)21)6-7-19(10-16)8-13-9-22-14(18-13)11-2-4-12(17)5-3-11/h2-5,9H,6-8,10H2,1H3,(H,20,21). The van der Waals surface area contributed by atoms with Gasteiger partial charge in [-0.3, -0.25) is 9.69 Å². The molecule has 0 saturated carbocycles. The number of carboxylic acid groups (broad SMARTS) is 1. The van der Waals surface area contributed by atoms with E-state index in [1.165, 1.54) is 0 Å². The van der Waals surface area contributed by atoms with Crippen LogP contribution in [-0.4, -0.2) is 34.0 Å². The molecule has 1 atom stereocenters. The summed E-state index contributed by atoms with van der Waals surface area (Å²) in [5.41, 5.74) is 1.50. The van der Waals surface area contributed by atoms with Crippen molar-refractivity contribution in [3.63, 3.8) is 0 Å². The molecule has 0 amide bonds. The molecule has 22 heavy (non-hydrogen) atoms. The fourth-order valence-corrected chi connectivity index (χ4v) is 3.78. The summed E-state index contributed by atoms with van der Waals surface area (Å²) in [6.45, 7) is 3.95. The number of carboxylic acids is 1. The highest BCUT2D eigenvalue weighted by Crippen LogP contribution is 2.32. The molecule has 1 aromatic heterocycles. The zero-order valence-electron chi connectivity index (χ0n) is 12.3. The Hall–Kier alpha value is -1.24. The quantitative estimate of drug-likeness (QED) is 0.874. The lowest BCUT2D eigenvalue weighted by Crippen LogP contribution is -2.31. The summed E-state index contributed by atoms with van der Waals surface area (Å²) in [6, 6.07) is 8.11. The average molecular weight is 381 g/mol. The largest absolute Gasteiger partial charge is 0.481 e. The van der Waals surface area contributed by atoms with Crippen molar-refractivity contribution < 1.29 is 9.90 Å². The lowest BCUT2D eigenvalue weighted by molar-refractivity contribution is -0.147. The van der Waals surface area contributed by atoms with Crippen molar-refractivity contribution in [2.24, 2.45) is 5.41 Å². The number of aromatic nitrogens is 1. The van der Waals surface area contributed by atoms with Crippen molar-refractivity contribution in [1.82, 2.24) is 9.88 Å². The van der Waals surface area contributed by atoms with Crippen LogP contribution >= 0.6 is 27.3 Å². The van der Waals surface area contributed by atoms with Crippen molar-refractivity contribution >= 4 is 33.2 Å². The first-order chi connectivity index (χ1) is 10.5. The summed E-state index contributed by atoms with van der Waals surface area (Å²) in [4.78, 5) is 18.1. The number of rotatable bonds is 4. The molecule has 1 aliphatic rings. The van der Waals surface area contributed by atoms with Crippen LogP contribution in [-0.2, 0) is 11.3 Å². The van der Waals surface area contributed by atoms with E-state index in [-0.39, 0.29) is 0 Å². The first kappa shape index (κ1) is 15.6. The molecule has 0 bridgehead atoms. The number of carbonyl (C=O) groups is 1. The molecule has 1 saturated heterocycles. The summed E-state index contributed by atoms with van der Waals surface area (Å²) >= 11 is 5.06. The van der Waals surface area contributed by atoms with E-state index >= 15 is 0 Å². The molecule has 2 aromatic rings. The van der Waals surface area contributed by atoms with Gasteiger partial charge in [-0.25, -0.2) is 4.98 Å². The Morgan fingerprint density at radius 1 is 1.45 bits per heavy atom. The predicted octanol–water partition coefficient (Wildman–Crippen LogP) is 3.87. The summed E-state index contributed by atoms with van der Waals surface area (Å²) in [5.74, 6) is -0.705. The lowest BCUT2D eigenvalue weighted by atomic mass is 9.90. The molecule has 1 aromatic carbocycles. The molecule has 2 heterocycles. The van der Waals surface area contributed by atoms with Gasteiger partial charge in [0.05, 0.1) is 11.1 Å². The minimum absolute atomic E-state index is 0.591. The summed E-state index contributed by atoms with van der Waals surface area (Å²) in [7, 11) is 0. The van der Waals surface area contributed by atoms with Crippen molar-refractivity contribution in [1.29, 1.82) is 0 Å². The number of likely N-dealkylation sites (tertiary alicyclic amines) is 1. The molecule has 0 radical (unpaired) electrons. The number of hydrogen-bond donors (Lipinski definition) is 1. The van der Waals surface area contributed by atoms with Crippen LogP contribution in [0.25, 0.3) is 10.6 Å². The van der Waals surface area contributed by atoms with E-state index in [4.69, 9.17) is 0 Å². The third-order valence-electron chi connectivity index (χ3n) is 4.10. The maximum absolute atomic E-state index is 11.3. The van der Waals surface area contributed by atoms with E-state index in [1.807, 2.05) is 31.2 Å². The zero-order valence-corrected chi connectivity index (χ0v) is 14.7. The molecule has 1 aliphatic heterocycles. The van der Waals surface area contributed by atoms with E-state index in [0.29, 0.717) is 13.0 Å². The van der Waals surface area contributed by atoms with E-state index in [9.17, 15) is 9.90 Å². The van der Waals surface area contributed by atoms with E-state index in [1.54, 1.807) is 11.3 Å². The number of hydrogen-bond acceptors (Lipinski definition) is 4. The predicted molar refractivity (Wildman–Crippen MR) is 90.9 cm³/mol. The summed E-state index contributed by atoms with van der Waals surface area (Å²) in [6.07, 6.45) is 0.700. The van der Waals surface area contributed by atoms with Gasteiger partial charge < -0.3 is 5.11 Å². The van der Waals surface area contributed by atoms with Crippen LogP contribution in [0.1, 0.15) is 19.0 Å². The van der Waals surface area contributed by atoms with Gasteiger partial charge in [-0.05, 0) is 32.0 Å². The van der Waals surface area contributed by atoms with Crippen LogP contribution in [0.15, 0.2) is 34.1 Å². The maximum Gasteiger partial charge on any atom is 0.310 e. The molecular weight excluding hydrogens is 364 g/mol. The number of halogens is 1. The minimum Gasteiger partial charge on any atom is -0.481 e. The molecule has 116 valence electrons. The fraction of sp³-hybridized carbons (Fsp3) is 0.375. The number of thiazole rings is 1. The van der Waals surface area contributed by atoms with Crippen molar-refractivity contribution in [2.75, 3.05) is 13.1 Å². The van der Waals surface area contributed by atoms with Gasteiger partial charge in [0.1, 0.15) is 5.01 Å². The van der Waals surface area contributed by atoms with E-state index in [2.05, 4.69) is 31.2 Å². The van der Waals surface area contributed by atoms with Crippen LogP contribution in [0.4, 0.5) is 0 Å². The summed E-state index contributed by atoms with van der Waals surface area (Å²) in [5, 5.41) is 12.4. The van der Waals surface area contributed by atoms with Gasteiger partial charge in [-0.1, -0.05) is 28.1 Å². The van der Waals surface area contributed by atoms with Gasteiger partial charge in [0.25, 0.3) is 0 Å². The highest BCUT2D eigenvalue weighted by molar-refractivity contribution is 9.10. The SMILES string of the molecule is CC1(C(=O)O)CCN(Cc2csc(-c3ccc(Br)cc3)n2)C1. The first-order valence-electron chi connectivity index (χ1n) is 7.12. The van der Waals surface area contributed by atoms with Gasteiger partial charge >= 0.3 is 5.97 Å². The second kappa shape index (κ2) is 6.10. The number of aliphatic carboxylic acids is 1. The number of benzene rings is 1. The topological polar surface area (TPSA) is 53.4 Å². The third-order valence-corrected chi connectivity index (χ3v) is 5.57. The van der Waals surface area contributed by atoms with E-state index < -0.39 is 11.4 Å². The smallest absolute Gasteiger partial charge is 0.310 e. The Morgan fingerprint density at radius 2 is 2.18 bits per heavy atom. The highest BCUT2D eigenvalue weighted by atomic mass is 79.9. The third kappa shape index (κ3) is 3.24. The van der Waals surface area contributed by atoms with Crippen LogP contribution < -0.4 is 0 Å². The molecule has 1 unspecified atom stereocenters. The zero-order chi connectivity index (χ0) is 15.7. The molecule has 0 spiro atoms. The molecule has 6 heteroatoms. The average Bonchev–Trinajstić information content (AvgIpc) is 3.08. The second-order valence-corrected chi connectivity index (χ2v) is 7.75. The minimum atomic E-state index is -0.705. The summed E-state index contributed by atoms with van der Waals surface area (Å²) < 4.78 is 1.05. The van der Waals surface area contributed by atoms with Crippen molar-refractivity contribution in [2.45, 2.75) is 19.9 Å². The van der Waals surface area contributed by atoms with Gasteiger partial charge in [0.2, 0.25) is 0 Å². The molecule has 3 rings (SSSR count). The highest BCUT2D eigenvalue weighted by Gasteiger charge is 2.40. The maximum atomic E-state index is 11.3. The van der Waals surface area contributed by atoms with Crippen molar-refractivity contribution in [3.05, 3.63) is 39.8 Å². The van der Waals surface area contributed by atoms with Crippen LogP contribution in [0.3, 0.4) is 0 Å². The van der Waals surface area contributed by atoms with Gasteiger partial charge in [-0.15, -0.1) is 11.3 Å². The Labute approximate surface area is 141 Å². The second-order valence-electron chi connectivity index (χ2n) is 5.98. The number of nitrogens with zero attached hydrogens (tertiary/aromatic N) is 2. The fourth-order valence-electron chi connectivity index (χ4n) is 2.70. The van der Waals surface area contributed by atoms with Crippen LogP contribution in [0, 0.1) is 5.41 Å². The molecular formula is C16H17BrN2O2S. The molecule has 1 fully saturated rings.